The molecule has 1 fully saturated rings. The van der Waals surface area contributed by atoms with Gasteiger partial charge in [-0.2, -0.15) is 0 Å². The van der Waals surface area contributed by atoms with E-state index < -0.39 is 0 Å². The van der Waals surface area contributed by atoms with Gasteiger partial charge in [-0.25, -0.2) is 0 Å². The molecule has 1 aromatic carbocycles. The van der Waals surface area contributed by atoms with E-state index in [0.717, 1.165) is 39.1 Å². The number of benzene rings is 1. The fourth-order valence-corrected chi connectivity index (χ4v) is 2.97. The summed E-state index contributed by atoms with van der Waals surface area (Å²) in [4.78, 5) is 15.9. The van der Waals surface area contributed by atoms with E-state index in [4.69, 9.17) is 11.6 Å². The highest BCUT2D eigenvalue weighted by atomic mass is 35.5. The van der Waals surface area contributed by atoms with Crippen molar-refractivity contribution in [2.24, 2.45) is 5.92 Å². The molecule has 110 valence electrons. The summed E-state index contributed by atoms with van der Waals surface area (Å²) < 4.78 is 0. The molecular formula is C16H23ClN2O. The molecule has 2 rings (SSSR count). The summed E-state index contributed by atoms with van der Waals surface area (Å²) >= 11 is 5.62. The highest BCUT2D eigenvalue weighted by Crippen LogP contribution is 2.19. The number of carbonyl (C=O) groups is 1. The van der Waals surface area contributed by atoms with Crippen LogP contribution in [0.2, 0.25) is 0 Å². The maximum Gasteiger partial charge on any atom is 0.237 e. The van der Waals surface area contributed by atoms with Crippen molar-refractivity contribution >= 4 is 17.5 Å². The number of halogens is 1. The van der Waals surface area contributed by atoms with Gasteiger partial charge in [0, 0.05) is 26.2 Å². The van der Waals surface area contributed by atoms with E-state index in [-0.39, 0.29) is 11.8 Å². The summed E-state index contributed by atoms with van der Waals surface area (Å²) in [6.07, 6.45) is 1.09. The second kappa shape index (κ2) is 7.65. The number of hydrogen-bond donors (Lipinski definition) is 0. The van der Waals surface area contributed by atoms with Crippen LogP contribution in [0.15, 0.2) is 30.3 Å². The Morgan fingerprint density at radius 3 is 2.80 bits per heavy atom. The van der Waals surface area contributed by atoms with Crippen molar-refractivity contribution in [3.63, 3.8) is 0 Å². The molecule has 0 saturated carbocycles. The first kappa shape index (κ1) is 15.3. The van der Waals surface area contributed by atoms with Crippen LogP contribution in [-0.2, 0) is 11.3 Å². The molecule has 1 saturated heterocycles. The van der Waals surface area contributed by atoms with Gasteiger partial charge in [0.2, 0.25) is 5.91 Å². The van der Waals surface area contributed by atoms with Crippen LogP contribution in [0, 0.1) is 5.92 Å². The number of amides is 1. The van der Waals surface area contributed by atoms with E-state index in [1.54, 1.807) is 0 Å². The topological polar surface area (TPSA) is 23.6 Å². The molecule has 0 N–H and O–H groups in total. The molecule has 0 spiro atoms. The van der Waals surface area contributed by atoms with Crippen LogP contribution in [-0.4, -0.2) is 47.8 Å². The third kappa shape index (κ3) is 4.22. The summed E-state index contributed by atoms with van der Waals surface area (Å²) in [7, 11) is 0. The van der Waals surface area contributed by atoms with Gasteiger partial charge >= 0.3 is 0 Å². The lowest BCUT2D eigenvalue weighted by molar-refractivity contribution is -0.127. The Morgan fingerprint density at radius 2 is 2.15 bits per heavy atom. The van der Waals surface area contributed by atoms with Gasteiger partial charge in [0.15, 0.2) is 0 Å². The van der Waals surface area contributed by atoms with E-state index in [2.05, 4.69) is 36.1 Å². The minimum absolute atomic E-state index is 0.0697. The van der Waals surface area contributed by atoms with E-state index >= 15 is 0 Å². The molecule has 0 aliphatic carbocycles. The van der Waals surface area contributed by atoms with Crippen LogP contribution in [0.4, 0.5) is 0 Å². The molecule has 1 heterocycles. The van der Waals surface area contributed by atoms with Crippen molar-refractivity contribution in [2.75, 3.05) is 32.1 Å². The molecule has 1 aliphatic rings. The minimum atomic E-state index is 0.0697. The average molecular weight is 295 g/mol. The Balaban J connectivity index is 1.84. The average Bonchev–Trinajstić information content (AvgIpc) is 2.95. The number of rotatable bonds is 6. The SMILES string of the molecule is CCN(Cc1ccccc1)C[C@@H]1CCN(C(=O)CCl)C1. The third-order valence-electron chi connectivity index (χ3n) is 3.97. The summed E-state index contributed by atoms with van der Waals surface area (Å²) in [6, 6.07) is 10.5. The molecule has 3 nitrogen and oxygen atoms in total. The molecule has 0 aromatic heterocycles. The van der Waals surface area contributed by atoms with Crippen LogP contribution in [0.5, 0.6) is 0 Å². The molecule has 20 heavy (non-hydrogen) atoms. The van der Waals surface area contributed by atoms with Crippen molar-refractivity contribution in [1.82, 2.24) is 9.80 Å². The molecule has 1 atom stereocenters. The lowest BCUT2D eigenvalue weighted by atomic mass is 10.1. The normalized spacial score (nSPS) is 18.8. The largest absolute Gasteiger partial charge is 0.341 e. The van der Waals surface area contributed by atoms with Gasteiger partial charge in [0.05, 0.1) is 0 Å². The van der Waals surface area contributed by atoms with Gasteiger partial charge < -0.3 is 4.90 Å². The molecule has 0 bridgehead atoms. The Morgan fingerprint density at radius 1 is 1.40 bits per heavy atom. The lowest BCUT2D eigenvalue weighted by Gasteiger charge is -2.24. The van der Waals surface area contributed by atoms with Crippen molar-refractivity contribution in [3.8, 4) is 0 Å². The minimum Gasteiger partial charge on any atom is -0.341 e. The van der Waals surface area contributed by atoms with Crippen LogP contribution >= 0.6 is 11.6 Å². The second-order valence-electron chi connectivity index (χ2n) is 5.44. The molecule has 0 unspecified atom stereocenters. The van der Waals surface area contributed by atoms with Crippen LogP contribution in [0.25, 0.3) is 0 Å². The third-order valence-corrected chi connectivity index (χ3v) is 4.19. The predicted molar refractivity (Wildman–Crippen MR) is 82.8 cm³/mol. The van der Waals surface area contributed by atoms with Crippen LogP contribution in [0.3, 0.4) is 0 Å². The Bertz CT molecular complexity index is 424. The van der Waals surface area contributed by atoms with Gasteiger partial charge in [-0.05, 0) is 24.4 Å². The van der Waals surface area contributed by atoms with E-state index in [9.17, 15) is 4.79 Å². The summed E-state index contributed by atoms with van der Waals surface area (Å²) in [5.41, 5.74) is 1.35. The first-order chi connectivity index (χ1) is 9.72. The van der Waals surface area contributed by atoms with Gasteiger partial charge in [0.1, 0.15) is 5.88 Å². The molecule has 0 radical (unpaired) electrons. The maximum atomic E-state index is 11.6. The second-order valence-corrected chi connectivity index (χ2v) is 5.71. The fraction of sp³-hybridized carbons (Fsp3) is 0.562. The quantitative estimate of drug-likeness (QED) is 0.753. The monoisotopic (exact) mass is 294 g/mol. The number of likely N-dealkylation sites (tertiary alicyclic amines) is 1. The summed E-state index contributed by atoms with van der Waals surface area (Å²) in [5, 5.41) is 0. The highest BCUT2D eigenvalue weighted by Gasteiger charge is 2.26. The van der Waals surface area contributed by atoms with Crippen molar-refractivity contribution in [3.05, 3.63) is 35.9 Å². The van der Waals surface area contributed by atoms with Crippen LogP contribution in [0.1, 0.15) is 18.9 Å². The lowest BCUT2D eigenvalue weighted by Crippen LogP contribution is -2.33. The van der Waals surface area contributed by atoms with Crippen molar-refractivity contribution in [1.29, 1.82) is 0 Å². The molecule has 1 aliphatic heterocycles. The molecule has 1 aromatic rings. The number of carbonyl (C=O) groups excluding carboxylic acids is 1. The summed E-state index contributed by atoms with van der Waals surface area (Å²) in [5.74, 6) is 0.750. The fourth-order valence-electron chi connectivity index (χ4n) is 2.80. The molecule has 4 heteroatoms. The first-order valence-corrected chi connectivity index (χ1v) is 7.86. The Hall–Kier alpha value is -1.06. The van der Waals surface area contributed by atoms with Crippen molar-refractivity contribution < 1.29 is 4.79 Å². The van der Waals surface area contributed by atoms with Gasteiger partial charge in [-0.1, -0.05) is 37.3 Å². The molecular weight excluding hydrogens is 272 g/mol. The van der Waals surface area contributed by atoms with Gasteiger partial charge in [-0.3, -0.25) is 9.69 Å². The van der Waals surface area contributed by atoms with E-state index in [0.29, 0.717) is 5.92 Å². The number of nitrogens with zero attached hydrogens (tertiary/aromatic N) is 2. The Labute approximate surface area is 126 Å². The Kier molecular flexibility index (Phi) is 5.86. The van der Waals surface area contributed by atoms with E-state index in [1.165, 1.54) is 5.56 Å². The number of hydrogen-bond acceptors (Lipinski definition) is 2. The first-order valence-electron chi connectivity index (χ1n) is 7.33. The zero-order valence-electron chi connectivity index (χ0n) is 12.1. The summed E-state index contributed by atoms with van der Waals surface area (Å²) in [6.45, 7) is 6.99. The number of alkyl halides is 1. The zero-order valence-corrected chi connectivity index (χ0v) is 12.9. The molecule has 1 amide bonds. The maximum absolute atomic E-state index is 11.6. The smallest absolute Gasteiger partial charge is 0.237 e. The van der Waals surface area contributed by atoms with E-state index in [1.807, 2.05) is 11.0 Å². The van der Waals surface area contributed by atoms with Crippen LogP contribution < -0.4 is 0 Å². The van der Waals surface area contributed by atoms with Gasteiger partial charge in [0.25, 0.3) is 0 Å². The highest BCUT2D eigenvalue weighted by molar-refractivity contribution is 6.27. The standard InChI is InChI=1S/C16H23ClN2O/c1-2-18(11-14-6-4-3-5-7-14)12-15-8-9-19(13-15)16(20)10-17/h3-7,15H,2,8-13H2,1H3/t15-/m0/s1. The van der Waals surface area contributed by atoms with Gasteiger partial charge in [-0.15, -0.1) is 11.6 Å². The van der Waals surface area contributed by atoms with Crippen molar-refractivity contribution in [2.45, 2.75) is 19.9 Å². The predicted octanol–water partition coefficient (Wildman–Crippen LogP) is 2.60. The zero-order chi connectivity index (χ0) is 14.4.